The summed E-state index contributed by atoms with van der Waals surface area (Å²) in [6, 6.07) is 20.0. The minimum atomic E-state index is 0.724. The summed E-state index contributed by atoms with van der Waals surface area (Å²) in [6.07, 6.45) is 0. The summed E-state index contributed by atoms with van der Waals surface area (Å²) in [5.74, 6) is 0. The van der Waals surface area contributed by atoms with E-state index in [2.05, 4.69) is 28.1 Å². The minimum Gasteiger partial charge on any atom is -0.455 e. The van der Waals surface area contributed by atoms with Crippen LogP contribution in [0.4, 0.5) is 0 Å². The molecule has 0 unspecified atom stereocenters. The Labute approximate surface area is 135 Å². The molecule has 3 aromatic carbocycles. The molecule has 0 saturated carbocycles. The molecule has 0 aliphatic heterocycles. The van der Waals surface area contributed by atoms with E-state index in [1.54, 1.807) is 0 Å². The van der Waals surface area contributed by atoms with Gasteiger partial charge in [-0.1, -0.05) is 63.9 Å². The van der Waals surface area contributed by atoms with Gasteiger partial charge in [0.15, 0.2) is 0 Å². The summed E-state index contributed by atoms with van der Waals surface area (Å²) in [5.41, 5.74) is 3.89. The number of hydrogen-bond donors (Lipinski definition) is 0. The molecule has 0 N–H and O–H groups in total. The van der Waals surface area contributed by atoms with Gasteiger partial charge in [0.2, 0.25) is 0 Å². The van der Waals surface area contributed by atoms with Crippen molar-refractivity contribution in [3.05, 3.63) is 70.2 Å². The van der Waals surface area contributed by atoms with Crippen molar-refractivity contribution in [2.45, 2.75) is 0 Å². The van der Waals surface area contributed by atoms with Crippen LogP contribution in [0.5, 0.6) is 0 Å². The lowest BCUT2D eigenvalue weighted by atomic mass is 10.0. The Kier molecular flexibility index (Phi) is 3.02. The normalized spacial score (nSPS) is 11.3. The monoisotopic (exact) mass is 356 g/mol. The first-order valence-corrected chi connectivity index (χ1v) is 7.77. The third-order valence-electron chi connectivity index (χ3n) is 3.61. The van der Waals surface area contributed by atoms with E-state index in [1.165, 1.54) is 0 Å². The first-order valence-electron chi connectivity index (χ1n) is 6.60. The lowest BCUT2D eigenvalue weighted by Crippen LogP contribution is -1.78. The molecule has 0 spiro atoms. The number of rotatable bonds is 1. The molecule has 4 aromatic rings. The molecular weight excluding hydrogens is 348 g/mol. The zero-order valence-corrected chi connectivity index (χ0v) is 13.3. The van der Waals surface area contributed by atoms with Crippen LogP contribution in [-0.4, -0.2) is 0 Å². The molecular formula is C18H10BrClO. The second-order valence-electron chi connectivity index (χ2n) is 4.91. The Bertz CT molecular complexity index is 971. The molecule has 0 atom stereocenters. The summed E-state index contributed by atoms with van der Waals surface area (Å²) >= 11 is 9.72. The highest BCUT2D eigenvalue weighted by Crippen LogP contribution is 2.38. The highest BCUT2D eigenvalue weighted by atomic mass is 79.9. The molecule has 102 valence electrons. The van der Waals surface area contributed by atoms with E-state index in [-0.39, 0.29) is 0 Å². The Morgan fingerprint density at radius 3 is 2.57 bits per heavy atom. The van der Waals surface area contributed by atoms with Gasteiger partial charge in [0.25, 0.3) is 0 Å². The zero-order valence-electron chi connectivity index (χ0n) is 10.9. The maximum Gasteiger partial charge on any atom is 0.143 e. The minimum absolute atomic E-state index is 0.724. The standard InChI is InChI=1S/C18H10BrClO/c19-15-8-3-9-16-17(15)14-7-2-6-13(18(14)21-16)11-4-1-5-12(20)10-11/h1-10H. The predicted molar refractivity (Wildman–Crippen MR) is 91.9 cm³/mol. The Morgan fingerprint density at radius 2 is 1.71 bits per heavy atom. The van der Waals surface area contributed by atoms with Crippen LogP contribution in [-0.2, 0) is 0 Å². The van der Waals surface area contributed by atoms with Crippen LogP contribution in [0.15, 0.2) is 69.6 Å². The van der Waals surface area contributed by atoms with Gasteiger partial charge in [-0.15, -0.1) is 0 Å². The van der Waals surface area contributed by atoms with E-state index in [0.717, 1.165) is 42.6 Å². The first kappa shape index (κ1) is 12.9. The summed E-state index contributed by atoms with van der Waals surface area (Å²) in [6.45, 7) is 0. The summed E-state index contributed by atoms with van der Waals surface area (Å²) in [4.78, 5) is 0. The highest BCUT2D eigenvalue weighted by molar-refractivity contribution is 9.10. The van der Waals surface area contributed by atoms with E-state index in [4.69, 9.17) is 16.0 Å². The van der Waals surface area contributed by atoms with Crippen LogP contribution in [0.3, 0.4) is 0 Å². The van der Waals surface area contributed by atoms with E-state index in [1.807, 2.05) is 48.5 Å². The largest absolute Gasteiger partial charge is 0.455 e. The maximum absolute atomic E-state index is 6.11. The Hall–Kier alpha value is -1.77. The van der Waals surface area contributed by atoms with Crippen LogP contribution in [0.25, 0.3) is 33.1 Å². The second kappa shape index (κ2) is 4.90. The summed E-state index contributed by atoms with van der Waals surface area (Å²) < 4.78 is 7.13. The first-order chi connectivity index (χ1) is 10.2. The van der Waals surface area contributed by atoms with Crippen molar-refractivity contribution in [2.24, 2.45) is 0 Å². The van der Waals surface area contributed by atoms with Crippen LogP contribution < -0.4 is 0 Å². The Morgan fingerprint density at radius 1 is 0.905 bits per heavy atom. The van der Waals surface area contributed by atoms with E-state index in [0.29, 0.717) is 0 Å². The van der Waals surface area contributed by atoms with Crippen molar-refractivity contribution in [2.75, 3.05) is 0 Å². The number of furan rings is 1. The van der Waals surface area contributed by atoms with Crippen molar-refractivity contribution < 1.29 is 4.42 Å². The maximum atomic E-state index is 6.11. The molecule has 4 rings (SSSR count). The van der Waals surface area contributed by atoms with Crippen LogP contribution in [0.2, 0.25) is 5.02 Å². The molecule has 0 aliphatic carbocycles. The van der Waals surface area contributed by atoms with Crippen LogP contribution in [0.1, 0.15) is 0 Å². The van der Waals surface area contributed by atoms with Gasteiger partial charge in [-0.2, -0.15) is 0 Å². The van der Waals surface area contributed by atoms with Gasteiger partial charge in [0, 0.05) is 25.8 Å². The molecule has 0 saturated heterocycles. The molecule has 0 radical (unpaired) electrons. The number of hydrogen-bond acceptors (Lipinski definition) is 1. The lowest BCUT2D eigenvalue weighted by molar-refractivity contribution is 0.670. The van der Waals surface area contributed by atoms with Crippen molar-refractivity contribution in [1.82, 2.24) is 0 Å². The number of para-hydroxylation sites is 1. The van der Waals surface area contributed by atoms with Crippen LogP contribution in [0, 0.1) is 0 Å². The second-order valence-corrected chi connectivity index (χ2v) is 6.20. The average molecular weight is 358 g/mol. The lowest BCUT2D eigenvalue weighted by Gasteiger charge is -2.03. The van der Waals surface area contributed by atoms with Crippen molar-refractivity contribution in [3.63, 3.8) is 0 Å². The fourth-order valence-corrected chi connectivity index (χ4v) is 3.44. The van der Waals surface area contributed by atoms with Crippen molar-refractivity contribution in [3.8, 4) is 11.1 Å². The molecule has 21 heavy (non-hydrogen) atoms. The molecule has 1 nitrogen and oxygen atoms in total. The smallest absolute Gasteiger partial charge is 0.143 e. The fraction of sp³-hybridized carbons (Fsp3) is 0. The third-order valence-corrected chi connectivity index (χ3v) is 4.50. The van der Waals surface area contributed by atoms with Gasteiger partial charge in [-0.3, -0.25) is 0 Å². The van der Waals surface area contributed by atoms with E-state index < -0.39 is 0 Å². The third kappa shape index (κ3) is 2.06. The number of fused-ring (bicyclic) bond motifs is 3. The molecule has 3 heteroatoms. The van der Waals surface area contributed by atoms with Gasteiger partial charge >= 0.3 is 0 Å². The SMILES string of the molecule is Clc1cccc(-c2cccc3c2oc2cccc(Br)c23)c1. The van der Waals surface area contributed by atoms with Gasteiger partial charge in [-0.05, 0) is 29.8 Å². The topological polar surface area (TPSA) is 13.1 Å². The van der Waals surface area contributed by atoms with Gasteiger partial charge in [-0.25, -0.2) is 0 Å². The fourth-order valence-electron chi connectivity index (χ4n) is 2.69. The molecule has 0 amide bonds. The predicted octanol–water partition coefficient (Wildman–Crippen LogP) is 6.67. The summed E-state index contributed by atoms with van der Waals surface area (Å²) in [5, 5.41) is 2.94. The van der Waals surface area contributed by atoms with Gasteiger partial charge < -0.3 is 4.42 Å². The summed E-state index contributed by atoms with van der Waals surface area (Å²) in [7, 11) is 0. The molecule has 0 bridgehead atoms. The van der Waals surface area contributed by atoms with Crippen LogP contribution >= 0.6 is 27.5 Å². The van der Waals surface area contributed by atoms with Crippen molar-refractivity contribution >= 4 is 49.5 Å². The van der Waals surface area contributed by atoms with Crippen molar-refractivity contribution in [1.29, 1.82) is 0 Å². The highest BCUT2D eigenvalue weighted by Gasteiger charge is 2.13. The zero-order chi connectivity index (χ0) is 14.4. The molecule has 1 aromatic heterocycles. The average Bonchev–Trinajstić information content (AvgIpc) is 2.87. The molecule has 0 aliphatic rings. The van der Waals surface area contributed by atoms with E-state index in [9.17, 15) is 0 Å². The quantitative estimate of drug-likeness (QED) is 0.371. The molecule has 1 heterocycles. The van der Waals surface area contributed by atoms with Gasteiger partial charge in [0.1, 0.15) is 11.2 Å². The Balaban J connectivity index is 2.12. The van der Waals surface area contributed by atoms with Gasteiger partial charge in [0.05, 0.1) is 0 Å². The number of benzene rings is 3. The number of halogens is 2. The van der Waals surface area contributed by atoms with E-state index >= 15 is 0 Å². The molecule has 0 fully saturated rings.